The third kappa shape index (κ3) is 6.55. The van der Waals surface area contributed by atoms with E-state index >= 15 is 0 Å². The fourth-order valence-electron chi connectivity index (χ4n) is 5.30. The van der Waals surface area contributed by atoms with E-state index in [4.69, 9.17) is 3.32 Å². The Balaban J connectivity index is 2.14. The van der Waals surface area contributed by atoms with Gasteiger partial charge in [0.25, 0.3) is 0 Å². The van der Waals surface area contributed by atoms with E-state index in [1.807, 2.05) is 6.07 Å². The molecule has 0 saturated heterocycles. The van der Waals surface area contributed by atoms with Crippen LogP contribution in [0.1, 0.15) is 101 Å². The van der Waals surface area contributed by atoms with Gasteiger partial charge >= 0.3 is 248 Å². The molecule has 3 nitrogen and oxygen atoms in total. The number of hydrogen-bond acceptors (Lipinski definition) is 2. The second kappa shape index (κ2) is 12.8. The third-order valence-corrected chi connectivity index (χ3v) is 8.36. The van der Waals surface area contributed by atoms with Crippen molar-refractivity contribution in [2.45, 2.75) is 79.1 Å². The average Bonchev–Trinajstić information content (AvgIpc) is 2.92. The van der Waals surface area contributed by atoms with E-state index in [9.17, 15) is 7.01 Å². The quantitative estimate of drug-likeness (QED) is 0.204. The minimum atomic E-state index is -3.91. The van der Waals surface area contributed by atoms with Crippen LogP contribution in [0.2, 0.25) is 0 Å². The van der Waals surface area contributed by atoms with Gasteiger partial charge in [-0.2, -0.15) is 0 Å². The van der Waals surface area contributed by atoms with Crippen molar-refractivity contribution in [1.29, 1.82) is 0 Å². The molecule has 208 valence electrons. The molecule has 0 aliphatic carbocycles. The van der Waals surface area contributed by atoms with Gasteiger partial charge in [-0.05, 0) is 0 Å². The van der Waals surface area contributed by atoms with Crippen molar-refractivity contribution in [1.82, 2.24) is 0 Å². The topological polar surface area (TPSA) is 46.5 Å². The number of hydrogen-bond donors (Lipinski definition) is 1. The van der Waals surface area contributed by atoms with Gasteiger partial charge in [0, 0.05) is 0 Å². The zero-order valence-corrected chi connectivity index (χ0v) is 26.6. The molecule has 4 heteroatoms. The van der Waals surface area contributed by atoms with Crippen LogP contribution in [0.25, 0.3) is 33.4 Å². The first-order chi connectivity index (χ1) is 19.0. The Kier molecular flexibility index (Phi) is 9.61. The monoisotopic (exact) mass is 570 g/mol. The molecule has 0 unspecified atom stereocenters. The van der Waals surface area contributed by atoms with Gasteiger partial charge in [0.15, 0.2) is 0 Å². The summed E-state index contributed by atoms with van der Waals surface area (Å²) in [6, 6.07) is 28.1. The number of benzene rings is 4. The Morgan fingerprint density at radius 2 is 0.875 bits per heavy atom. The summed E-state index contributed by atoms with van der Waals surface area (Å²) < 4.78 is 28.1. The summed E-state index contributed by atoms with van der Waals surface area (Å²) in [4.78, 5) is 0. The van der Waals surface area contributed by atoms with Crippen LogP contribution >= 0.6 is 0 Å². The van der Waals surface area contributed by atoms with Crippen LogP contribution in [0, 0.1) is 0 Å². The molecule has 0 aliphatic rings. The van der Waals surface area contributed by atoms with Gasteiger partial charge in [-0.25, -0.2) is 0 Å². The van der Waals surface area contributed by atoms with Gasteiger partial charge in [-0.3, -0.25) is 0 Å². The van der Waals surface area contributed by atoms with Gasteiger partial charge in [0.05, 0.1) is 0 Å². The molecule has 0 amide bonds. The minimum absolute atomic E-state index is 0.168. The first-order valence-corrected chi connectivity index (χ1v) is 16.4. The Morgan fingerprint density at radius 3 is 1.20 bits per heavy atom. The molecule has 0 fully saturated rings. The fraction of sp³-hybridized carbons (Fsp3) is 0.333. The molecule has 4 aromatic carbocycles. The van der Waals surface area contributed by atoms with Crippen LogP contribution in [0.4, 0.5) is 0 Å². The predicted molar refractivity (Wildman–Crippen MR) is 163 cm³/mol. The standard InChI is InChI=1S/C36H42O.H2O.O.Ti/c1-22(2)26-9-15-29(16-10-26)34-32(25(7)8)21-33(37)35(30-17-11-27(12-18-30)23(3)4)36(34)31-19-13-28(14-20-31)24(5)6;;;/h9-25,37H,1-8H3;1H2;;/q;;;+2/p-2. The SMILES string of the molecule is CC(C)c1ccc(-c2c([O][Ti](=[O])[OH])cc(C(C)C)c(-c3ccc(C(C)C)cc3)c2-c2ccc(C(C)C)cc2)cc1. The molecule has 0 atom stereocenters. The Bertz CT molecular complexity index is 1460. The van der Waals surface area contributed by atoms with Gasteiger partial charge in [-0.1, -0.05) is 0 Å². The molecule has 0 bridgehead atoms. The van der Waals surface area contributed by atoms with Crippen molar-refractivity contribution in [2.24, 2.45) is 0 Å². The molecule has 1 N–H and O–H groups in total. The zero-order chi connectivity index (χ0) is 29.1. The van der Waals surface area contributed by atoms with Crippen LogP contribution < -0.4 is 3.32 Å². The maximum absolute atomic E-state index is 12.2. The van der Waals surface area contributed by atoms with E-state index in [0.717, 1.165) is 38.9 Å². The summed E-state index contributed by atoms with van der Waals surface area (Å²) in [6.07, 6.45) is 0. The van der Waals surface area contributed by atoms with E-state index in [1.54, 1.807) is 0 Å². The first-order valence-electron chi connectivity index (χ1n) is 14.4. The molecule has 40 heavy (non-hydrogen) atoms. The van der Waals surface area contributed by atoms with E-state index in [1.165, 1.54) is 16.7 Å². The summed E-state index contributed by atoms with van der Waals surface area (Å²) in [7, 11) is 0. The summed E-state index contributed by atoms with van der Waals surface area (Å²) in [6.45, 7) is 17.5. The Labute approximate surface area is 247 Å². The van der Waals surface area contributed by atoms with Crippen LogP contribution in [0.15, 0.2) is 78.9 Å². The Hall–Kier alpha value is -2.85. The molecule has 0 aliphatic heterocycles. The zero-order valence-electron chi connectivity index (χ0n) is 25.1. The molecule has 0 heterocycles. The molecular formula is C36H42O3Ti. The molecule has 4 rings (SSSR count). The van der Waals surface area contributed by atoms with Crippen LogP contribution in [0.5, 0.6) is 5.75 Å². The first kappa shape index (κ1) is 30.1. The summed E-state index contributed by atoms with van der Waals surface area (Å²) >= 11 is -3.91. The van der Waals surface area contributed by atoms with Crippen molar-refractivity contribution >= 4 is 0 Å². The molecule has 0 radical (unpaired) electrons. The van der Waals surface area contributed by atoms with Crippen LogP contribution in [-0.4, -0.2) is 3.69 Å². The Morgan fingerprint density at radius 1 is 0.525 bits per heavy atom. The van der Waals surface area contributed by atoms with Crippen molar-refractivity contribution in [3.8, 4) is 39.1 Å². The molecule has 4 aromatic rings. The van der Waals surface area contributed by atoms with Crippen molar-refractivity contribution in [3.63, 3.8) is 0 Å². The fourth-order valence-corrected chi connectivity index (χ4v) is 5.84. The van der Waals surface area contributed by atoms with E-state index in [0.29, 0.717) is 23.5 Å². The molecule has 0 spiro atoms. The molecule has 0 saturated carbocycles. The number of rotatable bonds is 9. The summed E-state index contributed by atoms with van der Waals surface area (Å²) in [5, 5.41) is 0. The van der Waals surface area contributed by atoms with Gasteiger partial charge in [0.2, 0.25) is 0 Å². The molecular weight excluding hydrogens is 528 g/mol. The molecule has 0 aromatic heterocycles. The van der Waals surface area contributed by atoms with Gasteiger partial charge in [0.1, 0.15) is 0 Å². The third-order valence-electron chi connectivity index (χ3n) is 7.74. The van der Waals surface area contributed by atoms with E-state index in [-0.39, 0.29) is 5.92 Å². The van der Waals surface area contributed by atoms with Crippen LogP contribution in [-0.2, 0) is 21.9 Å². The van der Waals surface area contributed by atoms with E-state index in [2.05, 4.69) is 128 Å². The van der Waals surface area contributed by atoms with E-state index < -0.39 is 18.6 Å². The van der Waals surface area contributed by atoms with Gasteiger partial charge < -0.3 is 0 Å². The second-order valence-electron chi connectivity index (χ2n) is 11.9. The predicted octanol–water partition coefficient (Wildman–Crippen LogP) is 10.3. The van der Waals surface area contributed by atoms with Crippen molar-refractivity contribution in [3.05, 3.63) is 101 Å². The average molecular weight is 571 g/mol. The maximum atomic E-state index is 12.2. The normalized spacial score (nSPS) is 11.6. The van der Waals surface area contributed by atoms with Crippen LogP contribution in [0.3, 0.4) is 0 Å². The van der Waals surface area contributed by atoms with Gasteiger partial charge in [-0.15, -0.1) is 0 Å². The van der Waals surface area contributed by atoms with Crippen molar-refractivity contribution in [2.75, 3.05) is 0 Å². The second-order valence-corrected chi connectivity index (χ2v) is 13.1. The van der Waals surface area contributed by atoms with Crippen molar-refractivity contribution < 1.29 is 28.9 Å². The summed E-state index contributed by atoms with van der Waals surface area (Å²) in [5.74, 6) is 1.91. The summed E-state index contributed by atoms with van der Waals surface area (Å²) in [5.41, 5.74) is 11.1.